The molecule has 0 aliphatic heterocycles. The van der Waals surface area contributed by atoms with Crippen LogP contribution >= 0.6 is 12.6 Å². The molecule has 120 valence electrons. The van der Waals surface area contributed by atoms with Crippen LogP contribution in [0.5, 0.6) is 0 Å². The van der Waals surface area contributed by atoms with Gasteiger partial charge in [0.05, 0.1) is 16.4 Å². The summed E-state index contributed by atoms with van der Waals surface area (Å²) in [5.74, 6) is 0. The molecule has 0 fully saturated rings. The topological polar surface area (TPSA) is 103 Å². The van der Waals surface area contributed by atoms with Gasteiger partial charge < -0.3 is 30.9 Å². The lowest BCUT2D eigenvalue weighted by atomic mass is 10.2. The van der Waals surface area contributed by atoms with Gasteiger partial charge in [-0.3, -0.25) is 0 Å². The van der Waals surface area contributed by atoms with E-state index in [4.69, 9.17) is 10.1 Å². The number of carbonyl (C=O) groups excluding carboxylic acids is 2. The van der Waals surface area contributed by atoms with Crippen LogP contribution in [0.3, 0.4) is 0 Å². The van der Waals surface area contributed by atoms with E-state index in [0.717, 1.165) is 0 Å². The van der Waals surface area contributed by atoms with E-state index in [1.54, 1.807) is 34.7 Å². The van der Waals surface area contributed by atoms with Crippen LogP contribution in [0.2, 0.25) is 0 Å². The summed E-state index contributed by atoms with van der Waals surface area (Å²) in [5.41, 5.74) is 0.189. The van der Waals surface area contributed by atoms with Gasteiger partial charge in [0, 0.05) is 13.6 Å². The number of hydrogen-bond acceptors (Lipinski definition) is 7. The number of allylic oxidation sites excluding steroid dienone is 1. The maximum Gasteiger partial charge on any atom is 0.408 e. The molecule has 0 radical (unpaired) electrons. The quantitative estimate of drug-likeness (QED) is 0.274. The molecule has 0 aliphatic carbocycles. The third-order valence-corrected chi connectivity index (χ3v) is 2.60. The van der Waals surface area contributed by atoms with Crippen LogP contribution < -0.4 is 16.0 Å². The minimum absolute atomic E-state index is 0.139. The summed E-state index contributed by atoms with van der Waals surface area (Å²) >= 11 is 4.22. The van der Waals surface area contributed by atoms with E-state index in [1.807, 2.05) is 0 Å². The van der Waals surface area contributed by atoms with Crippen LogP contribution in [0, 0.1) is 5.41 Å². The van der Waals surface area contributed by atoms with Crippen molar-refractivity contribution in [3.05, 3.63) is 10.7 Å². The normalized spacial score (nSPS) is 13.6. The van der Waals surface area contributed by atoms with Crippen LogP contribution in [0.1, 0.15) is 27.7 Å². The van der Waals surface area contributed by atoms with Crippen molar-refractivity contribution >= 4 is 30.7 Å². The van der Waals surface area contributed by atoms with Crippen molar-refractivity contribution < 1.29 is 14.3 Å². The summed E-state index contributed by atoms with van der Waals surface area (Å²) in [6.07, 6.45) is -0.0583. The zero-order valence-corrected chi connectivity index (χ0v) is 13.9. The van der Waals surface area contributed by atoms with Crippen molar-refractivity contribution in [1.29, 1.82) is 5.41 Å². The molecule has 0 saturated carbocycles. The predicted octanol–water partition coefficient (Wildman–Crippen LogP) is 1.03. The maximum absolute atomic E-state index is 11.6. The van der Waals surface area contributed by atoms with Crippen LogP contribution in [-0.2, 0) is 9.53 Å². The molecule has 0 spiro atoms. The number of amides is 1. The Morgan fingerprint density at radius 1 is 1.43 bits per heavy atom. The zero-order valence-electron chi connectivity index (χ0n) is 13.0. The third kappa shape index (κ3) is 8.23. The smallest absolute Gasteiger partial charge is 0.408 e. The van der Waals surface area contributed by atoms with Crippen LogP contribution in [0.25, 0.3) is 0 Å². The Bertz CT molecular complexity index is 430. The van der Waals surface area contributed by atoms with Gasteiger partial charge in [-0.05, 0) is 27.7 Å². The molecule has 0 rings (SSSR count). The Labute approximate surface area is 130 Å². The fourth-order valence-electron chi connectivity index (χ4n) is 1.37. The van der Waals surface area contributed by atoms with E-state index >= 15 is 0 Å². The van der Waals surface area contributed by atoms with Crippen LogP contribution in [0.15, 0.2) is 10.7 Å². The number of rotatable bonds is 7. The molecule has 0 aliphatic rings. The highest BCUT2D eigenvalue weighted by molar-refractivity contribution is 7.84. The van der Waals surface area contributed by atoms with Gasteiger partial charge >= 0.3 is 6.09 Å². The lowest BCUT2D eigenvalue weighted by Crippen LogP contribution is -2.45. The average Bonchev–Trinajstić information content (AvgIpc) is 2.32. The Kier molecular flexibility index (Phi) is 7.86. The molecular formula is C13H24N4O3S. The van der Waals surface area contributed by atoms with E-state index in [9.17, 15) is 9.59 Å². The Balaban J connectivity index is 4.56. The summed E-state index contributed by atoms with van der Waals surface area (Å²) in [5, 5.41) is 16.1. The monoisotopic (exact) mass is 316 g/mol. The third-order valence-electron chi connectivity index (χ3n) is 2.22. The van der Waals surface area contributed by atoms with E-state index in [1.165, 1.54) is 0 Å². The fraction of sp³-hybridized carbons (Fsp3) is 0.615. The molecule has 4 N–H and O–H groups in total. The number of aldehydes is 1. The van der Waals surface area contributed by atoms with E-state index < -0.39 is 17.7 Å². The second-order valence-electron chi connectivity index (χ2n) is 5.37. The minimum Gasteiger partial charge on any atom is -0.444 e. The average molecular weight is 316 g/mol. The van der Waals surface area contributed by atoms with Crippen LogP contribution in [0.4, 0.5) is 4.79 Å². The molecule has 7 nitrogen and oxygen atoms in total. The lowest BCUT2D eigenvalue weighted by molar-refractivity contribution is -0.109. The number of ether oxygens (including phenoxy) is 1. The van der Waals surface area contributed by atoms with Crippen molar-refractivity contribution in [2.45, 2.75) is 39.3 Å². The van der Waals surface area contributed by atoms with E-state index in [-0.39, 0.29) is 6.54 Å². The van der Waals surface area contributed by atoms with Gasteiger partial charge in [-0.25, -0.2) is 4.79 Å². The Morgan fingerprint density at radius 2 is 2.00 bits per heavy atom. The lowest BCUT2D eigenvalue weighted by Gasteiger charge is -2.22. The first kappa shape index (κ1) is 19.3. The summed E-state index contributed by atoms with van der Waals surface area (Å²) < 4.78 is 5.07. The number of hydrogen-bond donors (Lipinski definition) is 5. The van der Waals surface area contributed by atoms with Crippen LogP contribution in [-0.4, -0.2) is 43.3 Å². The van der Waals surface area contributed by atoms with Gasteiger partial charge in [0.1, 0.15) is 17.9 Å². The molecule has 1 atom stereocenters. The fourth-order valence-corrected chi connectivity index (χ4v) is 1.74. The Morgan fingerprint density at radius 3 is 2.38 bits per heavy atom. The van der Waals surface area contributed by atoms with Gasteiger partial charge in [0.15, 0.2) is 0 Å². The molecule has 8 heteroatoms. The highest BCUT2D eigenvalue weighted by Crippen LogP contribution is 2.07. The van der Waals surface area contributed by atoms with E-state index in [2.05, 4.69) is 28.6 Å². The van der Waals surface area contributed by atoms with Gasteiger partial charge in [-0.1, -0.05) is 0 Å². The molecule has 0 aromatic carbocycles. The maximum atomic E-state index is 11.6. The highest BCUT2D eigenvalue weighted by Gasteiger charge is 2.19. The highest BCUT2D eigenvalue weighted by atomic mass is 32.1. The summed E-state index contributed by atoms with van der Waals surface area (Å²) in [6.45, 7) is 6.96. The molecule has 0 aromatic heterocycles. The van der Waals surface area contributed by atoms with Crippen molar-refractivity contribution in [1.82, 2.24) is 16.0 Å². The molecule has 21 heavy (non-hydrogen) atoms. The number of thiol groups is 1. The Hall–Kier alpha value is -1.70. The SMILES string of the molecule is CN/C(C(C)=N)=C(/S)NC[C@@H](C=O)NC(=O)OC(C)(C)C. The van der Waals surface area contributed by atoms with Crippen molar-refractivity contribution in [2.24, 2.45) is 0 Å². The van der Waals surface area contributed by atoms with Crippen molar-refractivity contribution in [3.8, 4) is 0 Å². The number of alkyl carbamates (subject to hydrolysis) is 1. The zero-order chi connectivity index (χ0) is 16.6. The first-order chi connectivity index (χ1) is 9.60. The molecule has 0 aromatic rings. The minimum atomic E-state index is -0.758. The standard InChI is InChI=1S/C13H24N4O3S/c1-8(14)10(15-5)11(21)16-6-9(7-18)17-12(19)20-13(2,3)4/h7,9,14-16,21H,6H2,1-5H3,(H,17,19)/b11-10+,14-8?/t9-/m0/s1. The van der Waals surface area contributed by atoms with Gasteiger partial charge in [-0.15, -0.1) is 12.6 Å². The second-order valence-corrected chi connectivity index (χ2v) is 5.82. The van der Waals surface area contributed by atoms with Crippen molar-refractivity contribution in [2.75, 3.05) is 13.6 Å². The van der Waals surface area contributed by atoms with Gasteiger partial charge in [0.25, 0.3) is 0 Å². The molecule has 1 amide bonds. The molecular weight excluding hydrogens is 292 g/mol. The summed E-state index contributed by atoms with van der Waals surface area (Å²) in [4.78, 5) is 22.6. The first-order valence-electron chi connectivity index (χ1n) is 6.46. The number of nitrogens with one attached hydrogen (secondary N) is 4. The largest absolute Gasteiger partial charge is 0.444 e. The predicted molar refractivity (Wildman–Crippen MR) is 85.7 cm³/mol. The molecule has 0 unspecified atom stereocenters. The van der Waals surface area contributed by atoms with Gasteiger partial charge in [0.2, 0.25) is 0 Å². The molecule has 0 bridgehead atoms. The molecule has 0 saturated heterocycles. The summed E-state index contributed by atoms with van der Waals surface area (Å²) in [7, 11) is 1.67. The number of carbonyl (C=O) groups is 2. The van der Waals surface area contributed by atoms with E-state index in [0.29, 0.717) is 22.7 Å². The summed E-state index contributed by atoms with van der Waals surface area (Å²) in [6, 6.07) is -0.758. The second kappa shape index (κ2) is 8.56. The molecule has 0 heterocycles. The van der Waals surface area contributed by atoms with Gasteiger partial charge in [-0.2, -0.15) is 0 Å². The van der Waals surface area contributed by atoms with Crippen molar-refractivity contribution in [3.63, 3.8) is 0 Å². The first-order valence-corrected chi connectivity index (χ1v) is 6.90.